The minimum Gasteiger partial charge on any atom is -0.481 e. The molecule has 0 radical (unpaired) electrons. The molecule has 0 spiro atoms. The van der Waals surface area contributed by atoms with Crippen molar-refractivity contribution in [1.29, 1.82) is 0 Å². The number of aldehydes is 1. The number of rotatable bonds is 32. The lowest BCUT2D eigenvalue weighted by molar-refractivity contribution is -0.141. The number of hydrogen-bond acceptors (Lipinski definition) is 8. The van der Waals surface area contributed by atoms with E-state index >= 15 is 0 Å². The molecule has 0 amide bonds. The summed E-state index contributed by atoms with van der Waals surface area (Å²) in [6, 6.07) is -1.36. The Balaban J connectivity index is 3.60. The molecule has 0 bridgehead atoms. The second kappa shape index (κ2) is 28.5. The van der Waals surface area contributed by atoms with Gasteiger partial charge in [0.2, 0.25) is 0 Å². The van der Waals surface area contributed by atoms with Gasteiger partial charge in [-0.05, 0) is 51.5 Å². The van der Waals surface area contributed by atoms with E-state index in [0.29, 0.717) is 25.8 Å². The van der Waals surface area contributed by atoms with Crippen molar-refractivity contribution >= 4 is 18.2 Å². The van der Waals surface area contributed by atoms with Crippen molar-refractivity contribution in [1.82, 2.24) is 10.6 Å². The van der Waals surface area contributed by atoms with Gasteiger partial charge in [-0.3, -0.25) is 20.2 Å². The first-order valence-electron chi connectivity index (χ1n) is 16.3. The zero-order valence-corrected chi connectivity index (χ0v) is 25.4. The average Bonchev–Trinajstić information content (AvgIpc) is 2.93. The van der Waals surface area contributed by atoms with E-state index in [0.717, 1.165) is 57.7 Å². The number of aliphatic hydroxyl groups is 2. The molecule has 0 saturated carbocycles. The van der Waals surface area contributed by atoms with Crippen LogP contribution in [0.4, 0.5) is 0 Å². The van der Waals surface area contributed by atoms with Crippen molar-refractivity contribution < 1.29 is 34.8 Å². The summed E-state index contributed by atoms with van der Waals surface area (Å²) in [5.41, 5.74) is 5.54. The second-order valence-corrected chi connectivity index (χ2v) is 11.5. The number of carbonyl (C=O) groups excluding carboxylic acids is 1. The second-order valence-electron chi connectivity index (χ2n) is 11.5. The first-order chi connectivity index (χ1) is 19.8. The Morgan fingerprint density at radius 3 is 1.54 bits per heavy atom. The SMILES string of the molecule is N[C@H](C=O)CCCCNC(O)CC[C@H](NC(O)CCCCCCCCCCCCCCCCCCC(=O)O)C(=O)O. The van der Waals surface area contributed by atoms with Crippen LogP contribution in [-0.4, -0.2) is 69.7 Å². The summed E-state index contributed by atoms with van der Waals surface area (Å²) in [6.45, 7) is 0.557. The molecule has 0 rings (SSSR count). The molecule has 242 valence electrons. The first-order valence-corrected chi connectivity index (χ1v) is 16.3. The third kappa shape index (κ3) is 28.3. The fourth-order valence-electron chi connectivity index (χ4n) is 4.95. The fraction of sp³-hybridized carbons (Fsp3) is 0.903. The molecule has 10 nitrogen and oxygen atoms in total. The van der Waals surface area contributed by atoms with Gasteiger partial charge in [-0.1, -0.05) is 96.3 Å². The molecule has 0 aliphatic carbocycles. The minimum atomic E-state index is -1.04. The molecule has 0 aliphatic rings. The number of nitrogens with two attached hydrogens (primary N) is 1. The van der Waals surface area contributed by atoms with Gasteiger partial charge in [-0.25, -0.2) is 0 Å². The Bertz CT molecular complexity index is 639. The van der Waals surface area contributed by atoms with E-state index in [-0.39, 0.29) is 12.8 Å². The van der Waals surface area contributed by atoms with Crippen molar-refractivity contribution in [2.45, 2.75) is 172 Å². The number of carboxylic acids is 2. The smallest absolute Gasteiger partial charge is 0.320 e. The molecule has 0 heterocycles. The lowest BCUT2D eigenvalue weighted by atomic mass is 10.0. The number of aliphatic hydroxyl groups excluding tert-OH is 2. The van der Waals surface area contributed by atoms with Crippen molar-refractivity contribution in [3.05, 3.63) is 0 Å². The highest BCUT2D eigenvalue weighted by molar-refractivity contribution is 5.73. The summed E-state index contributed by atoms with van der Waals surface area (Å²) < 4.78 is 0. The number of carbonyl (C=O) groups is 3. The van der Waals surface area contributed by atoms with Crippen LogP contribution in [0.1, 0.15) is 148 Å². The zero-order chi connectivity index (χ0) is 30.6. The molecule has 0 aromatic heterocycles. The van der Waals surface area contributed by atoms with Crippen LogP contribution in [-0.2, 0) is 14.4 Å². The Morgan fingerprint density at radius 1 is 0.610 bits per heavy atom. The minimum absolute atomic E-state index is 0.201. The Morgan fingerprint density at radius 2 is 1.07 bits per heavy atom. The van der Waals surface area contributed by atoms with Gasteiger partial charge in [0.1, 0.15) is 24.8 Å². The highest BCUT2D eigenvalue weighted by atomic mass is 16.4. The van der Waals surface area contributed by atoms with Crippen LogP contribution >= 0.6 is 0 Å². The molecule has 0 aliphatic heterocycles. The van der Waals surface area contributed by atoms with Gasteiger partial charge in [-0.2, -0.15) is 0 Å². The number of hydrogen-bond donors (Lipinski definition) is 7. The Hall–Kier alpha value is -1.59. The Kier molecular flexibility index (Phi) is 27.4. The predicted molar refractivity (Wildman–Crippen MR) is 162 cm³/mol. The van der Waals surface area contributed by atoms with Crippen LogP contribution in [0.3, 0.4) is 0 Å². The molecule has 0 saturated heterocycles. The van der Waals surface area contributed by atoms with Gasteiger partial charge in [0.25, 0.3) is 0 Å². The third-order valence-corrected chi connectivity index (χ3v) is 7.56. The summed E-state index contributed by atoms with van der Waals surface area (Å²) >= 11 is 0. The van der Waals surface area contributed by atoms with E-state index in [1.165, 1.54) is 64.2 Å². The van der Waals surface area contributed by atoms with Crippen molar-refractivity contribution in [2.24, 2.45) is 5.73 Å². The van der Waals surface area contributed by atoms with Crippen LogP contribution < -0.4 is 16.4 Å². The van der Waals surface area contributed by atoms with Crippen LogP contribution in [0.5, 0.6) is 0 Å². The predicted octanol–water partition coefficient (Wildman–Crippen LogP) is 4.84. The Labute approximate surface area is 248 Å². The molecule has 10 heteroatoms. The highest BCUT2D eigenvalue weighted by Crippen LogP contribution is 2.15. The van der Waals surface area contributed by atoms with Gasteiger partial charge in [0.15, 0.2) is 0 Å². The summed E-state index contributed by atoms with van der Waals surface area (Å²) in [6.07, 6.45) is 21.0. The van der Waals surface area contributed by atoms with Crippen molar-refractivity contribution in [3.8, 4) is 0 Å². The van der Waals surface area contributed by atoms with Crippen LogP contribution in [0, 0.1) is 0 Å². The van der Waals surface area contributed by atoms with Crippen molar-refractivity contribution in [2.75, 3.05) is 6.54 Å². The molecule has 0 aromatic carbocycles. The summed E-state index contributed by atoms with van der Waals surface area (Å²) in [5.74, 6) is -1.73. The van der Waals surface area contributed by atoms with Gasteiger partial charge in [0.05, 0.1) is 6.04 Å². The topological polar surface area (TPSA) is 182 Å². The molecule has 8 N–H and O–H groups in total. The molecular formula is C31H61N3O7. The standard InChI is InChI=1S/C31H61N3O7/c32-26(25-35)19-17-18-24-33-28(36)23-22-27(31(40)41)34-29(37)20-15-13-11-9-7-5-3-1-2-4-6-8-10-12-14-16-21-30(38)39/h25-29,33-34,36-37H,1-24,32H2,(H,38,39)(H,40,41)/t26-,27-,28?,29?/m0/s1. The molecule has 41 heavy (non-hydrogen) atoms. The molecule has 2 unspecified atom stereocenters. The zero-order valence-electron chi connectivity index (χ0n) is 25.4. The van der Waals surface area contributed by atoms with E-state index in [2.05, 4.69) is 10.6 Å². The molecule has 4 atom stereocenters. The number of unbranched alkanes of at least 4 members (excludes halogenated alkanes) is 16. The lowest BCUT2D eigenvalue weighted by Crippen LogP contribution is -2.44. The number of aliphatic carboxylic acids is 2. The third-order valence-electron chi connectivity index (χ3n) is 7.56. The van der Waals surface area contributed by atoms with Gasteiger partial charge in [-0.15, -0.1) is 0 Å². The van der Waals surface area contributed by atoms with E-state index in [9.17, 15) is 29.7 Å². The fourth-order valence-corrected chi connectivity index (χ4v) is 4.95. The summed E-state index contributed by atoms with van der Waals surface area (Å²) in [7, 11) is 0. The van der Waals surface area contributed by atoms with E-state index < -0.39 is 36.5 Å². The summed E-state index contributed by atoms with van der Waals surface area (Å²) in [4.78, 5) is 32.5. The van der Waals surface area contributed by atoms with E-state index in [4.69, 9.17) is 10.8 Å². The van der Waals surface area contributed by atoms with E-state index in [1.807, 2.05) is 0 Å². The van der Waals surface area contributed by atoms with Gasteiger partial charge in [0, 0.05) is 6.42 Å². The van der Waals surface area contributed by atoms with E-state index in [1.54, 1.807) is 0 Å². The lowest BCUT2D eigenvalue weighted by Gasteiger charge is -2.21. The summed E-state index contributed by atoms with van der Waals surface area (Å²) in [5, 5.41) is 44.1. The van der Waals surface area contributed by atoms with Crippen molar-refractivity contribution in [3.63, 3.8) is 0 Å². The maximum absolute atomic E-state index is 11.6. The van der Waals surface area contributed by atoms with Gasteiger partial charge < -0.3 is 31.0 Å². The van der Waals surface area contributed by atoms with Crippen LogP contribution in [0.2, 0.25) is 0 Å². The number of nitrogens with one attached hydrogen (secondary N) is 2. The highest BCUT2D eigenvalue weighted by Gasteiger charge is 2.21. The molecular weight excluding hydrogens is 526 g/mol. The maximum atomic E-state index is 11.6. The largest absolute Gasteiger partial charge is 0.481 e. The molecule has 0 aromatic rings. The molecule has 0 fully saturated rings. The van der Waals surface area contributed by atoms with Crippen LogP contribution in [0.25, 0.3) is 0 Å². The van der Waals surface area contributed by atoms with Crippen LogP contribution in [0.15, 0.2) is 0 Å². The van der Waals surface area contributed by atoms with Gasteiger partial charge >= 0.3 is 11.9 Å². The maximum Gasteiger partial charge on any atom is 0.320 e. The normalized spacial score (nSPS) is 14.4. The average molecular weight is 588 g/mol. The number of carboxylic acid groups (broad SMARTS) is 2. The quantitative estimate of drug-likeness (QED) is 0.0327. The monoisotopic (exact) mass is 587 g/mol. The first kappa shape index (κ1) is 39.4.